The highest BCUT2D eigenvalue weighted by atomic mass is 16.6. The topological polar surface area (TPSA) is 92.4 Å². The lowest BCUT2D eigenvalue weighted by molar-refractivity contribution is -0.889. The molecule has 0 aromatic rings. The maximum atomic E-state index is 12.6. The van der Waals surface area contributed by atoms with Gasteiger partial charge in [-0.05, 0) is 12.3 Å². The van der Waals surface area contributed by atoms with Crippen LogP contribution in [0.25, 0.3) is 0 Å². The van der Waals surface area contributed by atoms with Gasteiger partial charge in [0.2, 0.25) is 5.91 Å². The fourth-order valence-electron chi connectivity index (χ4n) is 4.52. The Bertz CT molecular complexity index is 504. The summed E-state index contributed by atoms with van der Waals surface area (Å²) >= 11 is 0. The molecular weight excluding hydrogens is 404 g/mol. The van der Waals surface area contributed by atoms with E-state index in [-0.39, 0.29) is 23.4 Å². The minimum atomic E-state index is -0.813. The first-order valence-electron chi connectivity index (χ1n) is 13.3. The van der Waals surface area contributed by atoms with Gasteiger partial charge in [0.1, 0.15) is 24.8 Å². The van der Waals surface area contributed by atoms with Crippen LogP contribution >= 0.6 is 0 Å². The molecule has 1 rings (SSSR count). The molecule has 2 N–H and O–H groups in total. The van der Waals surface area contributed by atoms with Crippen LogP contribution in [0.1, 0.15) is 110 Å². The summed E-state index contributed by atoms with van der Waals surface area (Å²) in [5, 5.41) is 12.6. The molecule has 6 heteroatoms. The Morgan fingerprint density at radius 2 is 1.28 bits per heavy atom. The summed E-state index contributed by atoms with van der Waals surface area (Å²) in [6.45, 7) is 6.52. The zero-order chi connectivity index (χ0) is 23.7. The number of primary amides is 1. The molecule has 0 aromatic carbocycles. The van der Waals surface area contributed by atoms with Gasteiger partial charge in [-0.15, -0.1) is 0 Å². The molecular formula is C26H50N2O4. The minimum Gasteiger partial charge on any atom is -0.633 e. The molecule has 1 atom stereocenters. The first-order valence-corrected chi connectivity index (χ1v) is 13.3. The third kappa shape index (κ3) is 14.2. The molecule has 32 heavy (non-hydrogen) atoms. The maximum Gasteiger partial charge on any atom is 0.228 e. The number of unbranched alkanes of at least 4 members (excludes halogenated alkanes) is 11. The van der Waals surface area contributed by atoms with E-state index in [2.05, 4.69) is 13.8 Å². The zero-order valence-corrected chi connectivity index (χ0v) is 21.0. The standard InChI is InChI=1S/C26H50N2O4/c1-23(2)15-13-11-9-7-5-3-4-6-8-10-12-14-16-25(29)24(26(27)30)17-18-28(31)19-21-32-22-20-28/h23-24H,3-22H2,1-2H3,(H2,27,30). The lowest BCUT2D eigenvalue weighted by Crippen LogP contribution is -2.52. The van der Waals surface area contributed by atoms with Crippen LogP contribution in [0.5, 0.6) is 0 Å². The maximum absolute atomic E-state index is 12.6. The molecule has 0 spiro atoms. The fourth-order valence-corrected chi connectivity index (χ4v) is 4.52. The normalized spacial score (nSPS) is 16.9. The van der Waals surface area contributed by atoms with E-state index in [4.69, 9.17) is 10.5 Å². The molecule has 0 aromatic heterocycles. The van der Waals surface area contributed by atoms with Crippen molar-refractivity contribution in [1.82, 2.24) is 0 Å². The average Bonchev–Trinajstić information content (AvgIpc) is 2.74. The summed E-state index contributed by atoms with van der Waals surface area (Å²) < 4.78 is 4.85. The SMILES string of the molecule is CC(C)CCCCCCCCCCCCCCC(=O)C(CC[N+]1([O-])CCOCC1)C(N)=O. The molecule has 1 saturated heterocycles. The van der Waals surface area contributed by atoms with Crippen molar-refractivity contribution in [3.05, 3.63) is 5.21 Å². The summed E-state index contributed by atoms with van der Waals surface area (Å²) in [4.78, 5) is 24.2. The van der Waals surface area contributed by atoms with Crippen LogP contribution in [0.15, 0.2) is 0 Å². The number of Topliss-reactive ketones (excluding diaryl/α,β-unsaturated/α-hetero) is 1. The van der Waals surface area contributed by atoms with E-state index in [1.165, 1.54) is 64.2 Å². The van der Waals surface area contributed by atoms with Crippen molar-refractivity contribution in [3.8, 4) is 0 Å². The highest BCUT2D eigenvalue weighted by molar-refractivity contribution is 6.00. The van der Waals surface area contributed by atoms with Gasteiger partial charge in [-0.3, -0.25) is 9.59 Å². The molecule has 1 aliphatic rings. The Kier molecular flexibility index (Phi) is 15.9. The number of rotatable bonds is 20. The predicted octanol–water partition coefficient (Wildman–Crippen LogP) is 5.51. The first kappa shape index (κ1) is 29.1. The molecule has 0 radical (unpaired) electrons. The second-order valence-electron chi connectivity index (χ2n) is 10.2. The van der Waals surface area contributed by atoms with Crippen LogP contribution in [-0.4, -0.2) is 49.2 Å². The van der Waals surface area contributed by atoms with Crippen LogP contribution in [-0.2, 0) is 14.3 Å². The zero-order valence-electron chi connectivity index (χ0n) is 21.0. The first-order chi connectivity index (χ1) is 15.3. The number of nitrogens with zero attached hydrogens (tertiary/aromatic N) is 1. The van der Waals surface area contributed by atoms with Gasteiger partial charge in [0.25, 0.3) is 0 Å². The summed E-state index contributed by atoms with van der Waals surface area (Å²) in [6.07, 6.45) is 17.0. The molecule has 1 fully saturated rings. The number of quaternary nitrogens is 1. The van der Waals surface area contributed by atoms with Crippen LogP contribution in [0.2, 0.25) is 0 Å². The Balaban J connectivity index is 2.00. The molecule has 1 unspecified atom stereocenters. The van der Waals surface area contributed by atoms with E-state index >= 15 is 0 Å². The molecule has 0 bridgehead atoms. The highest BCUT2D eigenvalue weighted by Crippen LogP contribution is 2.18. The number of hydrogen-bond donors (Lipinski definition) is 1. The third-order valence-electron chi connectivity index (χ3n) is 6.80. The van der Waals surface area contributed by atoms with Gasteiger partial charge in [-0.2, -0.15) is 0 Å². The number of morpholine rings is 1. The minimum absolute atomic E-state index is 0.0919. The Labute approximate surface area is 196 Å². The highest BCUT2D eigenvalue weighted by Gasteiger charge is 2.28. The molecule has 188 valence electrons. The molecule has 1 heterocycles. The van der Waals surface area contributed by atoms with E-state index in [1.807, 2.05) is 0 Å². The van der Waals surface area contributed by atoms with Gasteiger partial charge in [-0.25, -0.2) is 0 Å². The predicted molar refractivity (Wildman–Crippen MR) is 131 cm³/mol. The van der Waals surface area contributed by atoms with Gasteiger partial charge in [0, 0.05) is 12.8 Å². The van der Waals surface area contributed by atoms with Crippen molar-refractivity contribution in [2.45, 2.75) is 110 Å². The molecule has 0 saturated carbocycles. The lowest BCUT2D eigenvalue weighted by Gasteiger charge is -2.45. The van der Waals surface area contributed by atoms with Crippen LogP contribution in [0.4, 0.5) is 0 Å². The van der Waals surface area contributed by atoms with E-state index < -0.39 is 11.8 Å². The van der Waals surface area contributed by atoms with Crippen molar-refractivity contribution >= 4 is 11.7 Å². The summed E-state index contributed by atoms with van der Waals surface area (Å²) in [6, 6.07) is 0. The molecule has 1 amide bonds. The molecule has 6 nitrogen and oxygen atoms in total. The number of ether oxygens (including phenoxy) is 1. The second-order valence-corrected chi connectivity index (χ2v) is 10.2. The number of carbonyl (C=O) groups is 2. The van der Waals surface area contributed by atoms with Crippen LogP contribution in [0.3, 0.4) is 0 Å². The van der Waals surface area contributed by atoms with Gasteiger partial charge >= 0.3 is 0 Å². The number of ketones is 1. The fraction of sp³-hybridized carbons (Fsp3) is 0.923. The Hall–Kier alpha value is -0.980. The van der Waals surface area contributed by atoms with Crippen molar-refractivity contribution in [2.75, 3.05) is 32.8 Å². The van der Waals surface area contributed by atoms with Crippen LogP contribution < -0.4 is 5.73 Å². The van der Waals surface area contributed by atoms with Gasteiger partial charge in [-0.1, -0.05) is 90.9 Å². The largest absolute Gasteiger partial charge is 0.633 e. The van der Waals surface area contributed by atoms with E-state index in [0.29, 0.717) is 32.7 Å². The molecule has 0 aliphatic carbocycles. The lowest BCUT2D eigenvalue weighted by atomic mass is 9.94. The van der Waals surface area contributed by atoms with Crippen molar-refractivity contribution < 1.29 is 19.0 Å². The summed E-state index contributed by atoms with van der Waals surface area (Å²) in [5.74, 6) is -0.654. The van der Waals surface area contributed by atoms with Gasteiger partial charge in [0.05, 0.1) is 19.8 Å². The number of nitrogens with two attached hydrogens (primary N) is 1. The molecule has 1 aliphatic heterocycles. The number of hydroxylamine groups is 3. The van der Waals surface area contributed by atoms with E-state index in [1.54, 1.807) is 0 Å². The number of carbonyl (C=O) groups excluding carboxylic acids is 2. The van der Waals surface area contributed by atoms with Gasteiger partial charge in [0.15, 0.2) is 0 Å². The van der Waals surface area contributed by atoms with Crippen molar-refractivity contribution in [2.24, 2.45) is 17.6 Å². The third-order valence-corrected chi connectivity index (χ3v) is 6.80. The van der Waals surface area contributed by atoms with E-state index in [0.717, 1.165) is 25.2 Å². The van der Waals surface area contributed by atoms with Crippen molar-refractivity contribution in [1.29, 1.82) is 0 Å². The number of hydrogen-bond acceptors (Lipinski definition) is 4. The van der Waals surface area contributed by atoms with Gasteiger partial charge < -0.3 is 20.3 Å². The van der Waals surface area contributed by atoms with Crippen LogP contribution in [0, 0.1) is 17.0 Å². The Morgan fingerprint density at radius 3 is 1.75 bits per heavy atom. The number of amides is 1. The smallest absolute Gasteiger partial charge is 0.228 e. The summed E-state index contributed by atoms with van der Waals surface area (Å²) in [5.41, 5.74) is 5.46. The Morgan fingerprint density at radius 1 is 0.812 bits per heavy atom. The summed E-state index contributed by atoms with van der Waals surface area (Å²) in [7, 11) is 0. The van der Waals surface area contributed by atoms with E-state index in [9.17, 15) is 14.8 Å². The second kappa shape index (κ2) is 17.5. The van der Waals surface area contributed by atoms with Crippen molar-refractivity contribution in [3.63, 3.8) is 0 Å². The quantitative estimate of drug-likeness (QED) is 0.114. The average molecular weight is 455 g/mol. The monoisotopic (exact) mass is 454 g/mol.